The molecule has 3 nitrogen and oxygen atoms in total. The molecule has 1 aliphatic rings. The van der Waals surface area contributed by atoms with Gasteiger partial charge in [0.05, 0.1) is 5.69 Å². The number of aromatic nitrogens is 2. The Kier molecular flexibility index (Phi) is 2.43. The lowest BCUT2D eigenvalue weighted by Gasteiger charge is -2.20. The van der Waals surface area contributed by atoms with Crippen LogP contribution in [0.3, 0.4) is 0 Å². The van der Waals surface area contributed by atoms with Gasteiger partial charge < -0.3 is 10.3 Å². The Morgan fingerprint density at radius 1 is 1.69 bits per heavy atom. The molecule has 0 saturated heterocycles. The summed E-state index contributed by atoms with van der Waals surface area (Å²) in [7, 11) is 0. The summed E-state index contributed by atoms with van der Waals surface area (Å²) in [4.78, 5) is 4.49. The molecule has 2 rings (SSSR count). The molecule has 0 amide bonds. The molecular formula is C9H14BrN3. The van der Waals surface area contributed by atoms with Crippen molar-refractivity contribution in [1.29, 1.82) is 0 Å². The molecule has 72 valence electrons. The van der Waals surface area contributed by atoms with Crippen LogP contribution in [-0.2, 0) is 19.5 Å². The largest absolute Gasteiger partial charge is 0.325 e. The van der Waals surface area contributed by atoms with E-state index < -0.39 is 0 Å². The van der Waals surface area contributed by atoms with Gasteiger partial charge >= 0.3 is 0 Å². The number of aryl methyl sites for hydroxylation is 1. The summed E-state index contributed by atoms with van der Waals surface area (Å²) in [6.45, 7) is 3.87. The molecule has 2 heterocycles. The molecule has 1 atom stereocenters. The van der Waals surface area contributed by atoms with Gasteiger partial charge in [0.25, 0.3) is 0 Å². The third-order valence-electron chi connectivity index (χ3n) is 2.60. The first kappa shape index (κ1) is 9.21. The van der Waals surface area contributed by atoms with Crippen molar-refractivity contribution in [2.75, 3.05) is 0 Å². The predicted molar refractivity (Wildman–Crippen MR) is 55.3 cm³/mol. The van der Waals surface area contributed by atoms with Crippen LogP contribution in [0.2, 0.25) is 0 Å². The fourth-order valence-electron chi connectivity index (χ4n) is 1.82. The third kappa shape index (κ3) is 1.53. The van der Waals surface area contributed by atoms with Crippen molar-refractivity contribution in [2.45, 2.75) is 32.9 Å². The summed E-state index contributed by atoms with van der Waals surface area (Å²) in [5.41, 5.74) is 6.58. The molecule has 0 radical (unpaired) electrons. The van der Waals surface area contributed by atoms with Gasteiger partial charge in [0.15, 0.2) is 0 Å². The summed E-state index contributed by atoms with van der Waals surface area (Å²) >= 11 is 3.55. The highest BCUT2D eigenvalue weighted by Crippen LogP contribution is 2.26. The van der Waals surface area contributed by atoms with Crippen molar-refractivity contribution in [3.63, 3.8) is 0 Å². The smallest absolute Gasteiger partial charge is 0.109 e. The molecule has 0 aromatic carbocycles. The maximum absolute atomic E-state index is 5.59. The first-order chi connectivity index (χ1) is 6.22. The van der Waals surface area contributed by atoms with E-state index in [-0.39, 0.29) is 0 Å². The monoisotopic (exact) mass is 243 g/mol. The Bertz CT molecular complexity index is 319. The van der Waals surface area contributed by atoms with Crippen molar-refractivity contribution >= 4 is 15.9 Å². The van der Waals surface area contributed by atoms with Gasteiger partial charge in [0.1, 0.15) is 10.4 Å². The lowest BCUT2D eigenvalue weighted by molar-refractivity contribution is 0.390. The van der Waals surface area contributed by atoms with E-state index in [1.807, 2.05) is 0 Å². The molecule has 1 aromatic rings. The first-order valence-electron chi connectivity index (χ1n) is 4.66. The Hall–Kier alpha value is -0.350. The summed E-state index contributed by atoms with van der Waals surface area (Å²) in [5, 5.41) is 0. The highest BCUT2D eigenvalue weighted by Gasteiger charge is 2.20. The van der Waals surface area contributed by atoms with Crippen LogP contribution in [-0.4, -0.2) is 9.55 Å². The van der Waals surface area contributed by atoms with Crippen LogP contribution in [0.25, 0.3) is 0 Å². The molecule has 0 aliphatic carbocycles. The first-order valence-corrected chi connectivity index (χ1v) is 5.45. The molecule has 2 N–H and O–H groups in total. The van der Waals surface area contributed by atoms with Gasteiger partial charge in [0.2, 0.25) is 0 Å². The maximum Gasteiger partial charge on any atom is 0.109 e. The summed E-state index contributed by atoms with van der Waals surface area (Å²) < 4.78 is 3.33. The molecule has 1 aromatic heterocycles. The van der Waals surface area contributed by atoms with Crippen molar-refractivity contribution in [1.82, 2.24) is 9.55 Å². The lowest BCUT2D eigenvalue weighted by atomic mass is 10.0. The number of halogens is 1. The van der Waals surface area contributed by atoms with E-state index in [2.05, 4.69) is 32.4 Å². The number of nitrogens with zero attached hydrogens (tertiary/aromatic N) is 2. The second kappa shape index (κ2) is 3.42. The van der Waals surface area contributed by atoms with Crippen molar-refractivity contribution in [3.05, 3.63) is 16.1 Å². The molecule has 1 aliphatic heterocycles. The van der Waals surface area contributed by atoms with E-state index in [9.17, 15) is 0 Å². The topological polar surface area (TPSA) is 43.8 Å². The highest BCUT2D eigenvalue weighted by atomic mass is 79.9. The molecule has 0 saturated carbocycles. The molecule has 0 bridgehead atoms. The van der Waals surface area contributed by atoms with Gasteiger partial charge in [-0.15, -0.1) is 0 Å². The fraction of sp³-hybridized carbons (Fsp3) is 0.667. The Morgan fingerprint density at radius 2 is 2.46 bits per heavy atom. The molecule has 0 spiro atoms. The van der Waals surface area contributed by atoms with Crippen LogP contribution in [0.5, 0.6) is 0 Å². The standard InChI is InChI=1S/C9H14BrN3/c1-6-2-3-8-12-7(4-11)9(10)13(8)5-6/h6H,2-5,11H2,1H3. The minimum Gasteiger partial charge on any atom is -0.325 e. The minimum atomic E-state index is 0.523. The minimum absolute atomic E-state index is 0.523. The fourth-order valence-corrected chi connectivity index (χ4v) is 2.42. The number of nitrogens with two attached hydrogens (primary N) is 1. The second-order valence-electron chi connectivity index (χ2n) is 3.72. The maximum atomic E-state index is 5.59. The lowest BCUT2D eigenvalue weighted by Crippen LogP contribution is -2.18. The average Bonchev–Trinajstić information content (AvgIpc) is 2.44. The predicted octanol–water partition coefficient (Wildman–Crippen LogP) is 1.69. The molecule has 1 unspecified atom stereocenters. The normalized spacial score (nSPS) is 21.6. The Morgan fingerprint density at radius 3 is 3.15 bits per heavy atom. The average molecular weight is 244 g/mol. The van der Waals surface area contributed by atoms with Gasteiger partial charge in [-0.3, -0.25) is 0 Å². The van der Waals surface area contributed by atoms with Crippen molar-refractivity contribution < 1.29 is 0 Å². The zero-order valence-electron chi connectivity index (χ0n) is 7.76. The molecular weight excluding hydrogens is 230 g/mol. The van der Waals surface area contributed by atoms with Crippen molar-refractivity contribution in [3.8, 4) is 0 Å². The van der Waals surface area contributed by atoms with Gasteiger partial charge in [-0.25, -0.2) is 4.98 Å². The van der Waals surface area contributed by atoms with Crippen LogP contribution in [0, 0.1) is 5.92 Å². The number of hydrogen-bond donors (Lipinski definition) is 1. The quantitative estimate of drug-likeness (QED) is 0.816. The summed E-state index contributed by atoms with van der Waals surface area (Å²) in [5.74, 6) is 1.94. The van der Waals surface area contributed by atoms with E-state index in [0.29, 0.717) is 6.54 Å². The number of imidazole rings is 1. The summed E-state index contributed by atoms with van der Waals surface area (Å²) in [6.07, 6.45) is 2.33. The van der Waals surface area contributed by atoms with Crippen LogP contribution in [0.4, 0.5) is 0 Å². The van der Waals surface area contributed by atoms with Crippen LogP contribution in [0.15, 0.2) is 4.60 Å². The zero-order valence-corrected chi connectivity index (χ0v) is 9.34. The van der Waals surface area contributed by atoms with Gasteiger partial charge in [-0.05, 0) is 28.3 Å². The second-order valence-corrected chi connectivity index (χ2v) is 4.48. The van der Waals surface area contributed by atoms with Gasteiger partial charge in [-0.1, -0.05) is 6.92 Å². The Balaban J connectivity index is 2.40. The molecule has 13 heavy (non-hydrogen) atoms. The number of fused-ring (bicyclic) bond motifs is 1. The van der Waals surface area contributed by atoms with E-state index in [1.165, 1.54) is 12.2 Å². The highest BCUT2D eigenvalue weighted by molar-refractivity contribution is 9.10. The number of rotatable bonds is 1. The van der Waals surface area contributed by atoms with Crippen LogP contribution in [0.1, 0.15) is 24.9 Å². The zero-order chi connectivity index (χ0) is 9.42. The van der Waals surface area contributed by atoms with E-state index in [1.54, 1.807) is 0 Å². The summed E-state index contributed by atoms with van der Waals surface area (Å²) in [6, 6.07) is 0. The van der Waals surface area contributed by atoms with E-state index >= 15 is 0 Å². The third-order valence-corrected chi connectivity index (χ3v) is 3.48. The van der Waals surface area contributed by atoms with Crippen LogP contribution >= 0.6 is 15.9 Å². The van der Waals surface area contributed by atoms with E-state index in [4.69, 9.17) is 5.73 Å². The Labute approximate surface area is 86.5 Å². The SMILES string of the molecule is CC1CCc2nc(CN)c(Br)n2C1. The molecule has 0 fully saturated rings. The number of hydrogen-bond acceptors (Lipinski definition) is 2. The molecule has 4 heteroatoms. The van der Waals surface area contributed by atoms with Gasteiger partial charge in [-0.2, -0.15) is 0 Å². The van der Waals surface area contributed by atoms with E-state index in [0.717, 1.165) is 29.2 Å². The van der Waals surface area contributed by atoms with Gasteiger partial charge in [0, 0.05) is 19.5 Å². The van der Waals surface area contributed by atoms with Crippen molar-refractivity contribution in [2.24, 2.45) is 11.7 Å². The van der Waals surface area contributed by atoms with Crippen LogP contribution < -0.4 is 5.73 Å².